The number of ether oxygens (including phenoxy) is 2. The van der Waals surface area contributed by atoms with Crippen molar-refractivity contribution >= 4 is 24.0 Å². The maximum absolute atomic E-state index is 12.2. The molecule has 1 aliphatic heterocycles. The van der Waals surface area contributed by atoms with Gasteiger partial charge >= 0.3 is 11.9 Å². The van der Waals surface area contributed by atoms with Crippen molar-refractivity contribution in [1.29, 1.82) is 5.41 Å². The first-order valence-corrected chi connectivity index (χ1v) is 8.77. The monoisotopic (exact) mass is 375 g/mol. The van der Waals surface area contributed by atoms with E-state index in [4.69, 9.17) is 25.7 Å². The number of piperidine rings is 1. The van der Waals surface area contributed by atoms with Crippen LogP contribution in [0, 0.1) is 11.3 Å². The molecule has 0 atom stereocenters. The average Bonchev–Trinajstić information content (AvgIpc) is 2.65. The molecule has 2 rings (SSSR count). The molecule has 0 spiro atoms. The van der Waals surface area contributed by atoms with Gasteiger partial charge in [0.1, 0.15) is 0 Å². The molecule has 1 saturated heterocycles. The van der Waals surface area contributed by atoms with E-state index in [0.29, 0.717) is 29.4 Å². The second-order valence-corrected chi connectivity index (χ2v) is 6.41. The van der Waals surface area contributed by atoms with Gasteiger partial charge in [0.25, 0.3) is 0 Å². The molecule has 0 amide bonds. The first kappa shape index (κ1) is 20.3. The number of nitrogens with two attached hydrogens (primary N) is 1. The van der Waals surface area contributed by atoms with Gasteiger partial charge in [-0.05, 0) is 49.0 Å². The largest absolute Gasteiger partial charge is 0.493 e. The summed E-state index contributed by atoms with van der Waals surface area (Å²) in [6.45, 7) is 1.49. The van der Waals surface area contributed by atoms with E-state index in [1.54, 1.807) is 18.2 Å². The molecule has 0 aliphatic carbocycles. The molecule has 1 aromatic carbocycles. The maximum Gasteiger partial charge on any atom is 0.328 e. The van der Waals surface area contributed by atoms with Crippen molar-refractivity contribution in [3.63, 3.8) is 0 Å². The predicted octanol–water partition coefficient (Wildman–Crippen LogP) is 2.08. The van der Waals surface area contributed by atoms with E-state index >= 15 is 0 Å². The molecule has 4 N–H and O–H groups in total. The molecule has 0 unspecified atom stereocenters. The Labute approximate surface area is 158 Å². The Kier molecular flexibility index (Phi) is 7.22. The van der Waals surface area contributed by atoms with Crippen molar-refractivity contribution in [2.75, 3.05) is 20.2 Å². The van der Waals surface area contributed by atoms with Crippen LogP contribution in [0.1, 0.15) is 31.2 Å². The van der Waals surface area contributed by atoms with E-state index < -0.39 is 5.97 Å². The van der Waals surface area contributed by atoms with E-state index in [2.05, 4.69) is 0 Å². The highest BCUT2D eigenvalue weighted by molar-refractivity contribution is 5.85. The maximum atomic E-state index is 12.2. The molecule has 8 nitrogen and oxygen atoms in total. The zero-order valence-corrected chi connectivity index (χ0v) is 15.3. The molecule has 1 fully saturated rings. The van der Waals surface area contributed by atoms with Crippen molar-refractivity contribution in [1.82, 2.24) is 4.90 Å². The Bertz CT molecular complexity index is 724. The van der Waals surface area contributed by atoms with E-state index in [9.17, 15) is 9.59 Å². The Morgan fingerprint density at radius 2 is 2.04 bits per heavy atom. The Morgan fingerprint density at radius 1 is 1.33 bits per heavy atom. The second-order valence-electron chi connectivity index (χ2n) is 6.41. The first-order valence-electron chi connectivity index (χ1n) is 8.77. The highest BCUT2D eigenvalue weighted by Crippen LogP contribution is 2.29. The number of methoxy groups -OCH3 is 1. The van der Waals surface area contributed by atoms with Crippen LogP contribution >= 0.6 is 0 Å². The Balaban J connectivity index is 1.86. The minimum atomic E-state index is -1.04. The normalized spacial score (nSPS) is 14.9. The summed E-state index contributed by atoms with van der Waals surface area (Å²) in [6, 6.07) is 4.85. The molecule has 27 heavy (non-hydrogen) atoms. The zero-order chi connectivity index (χ0) is 19.8. The van der Waals surface area contributed by atoms with Gasteiger partial charge in [0.05, 0.1) is 7.11 Å². The van der Waals surface area contributed by atoms with Crippen LogP contribution in [0.5, 0.6) is 11.5 Å². The molecule has 8 heteroatoms. The third kappa shape index (κ3) is 6.32. The van der Waals surface area contributed by atoms with Crippen molar-refractivity contribution in [2.45, 2.75) is 25.7 Å². The predicted molar refractivity (Wildman–Crippen MR) is 101 cm³/mol. The van der Waals surface area contributed by atoms with Gasteiger partial charge in [-0.3, -0.25) is 10.2 Å². The molecule has 0 aromatic heterocycles. The number of aliphatic carboxylic acids is 1. The molecule has 0 saturated carbocycles. The van der Waals surface area contributed by atoms with E-state index in [-0.39, 0.29) is 11.9 Å². The van der Waals surface area contributed by atoms with Crippen LogP contribution in [0.15, 0.2) is 24.3 Å². The van der Waals surface area contributed by atoms with Crippen LogP contribution in [-0.4, -0.2) is 48.1 Å². The number of esters is 1. The van der Waals surface area contributed by atoms with E-state index in [1.165, 1.54) is 13.2 Å². The molecule has 1 aromatic rings. The second kappa shape index (κ2) is 9.61. The molecule has 1 aliphatic rings. The number of carbonyl (C=O) groups is 2. The molecule has 0 radical (unpaired) electrons. The van der Waals surface area contributed by atoms with Crippen LogP contribution in [0.25, 0.3) is 6.08 Å². The fourth-order valence-corrected chi connectivity index (χ4v) is 3.00. The van der Waals surface area contributed by atoms with Crippen LogP contribution < -0.4 is 15.2 Å². The first-order chi connectivity index (χ1) is 12.9. The number of rotatable bonds is 7. The van der Waals surface area contributed by atoms with Gasteiger partial charge in [0.2, 0.25) is 0 Å². The van der Waals surface area contributed by atoms with Crippen LogP contribution in [-0.2, 0) is 9.59 Å². The molecule has 146 valence electrons. The summed E-state index contributed by atoms with van der Waals surface area (Å²) in [5, 5.41) is 16.1. The summed E-state index contributed by atoms with van der Waals surface area (Å²) < 4.78 is 10.6. The third-order valence-electron chi connectivity index (χ3n) is 4.54. The highest BCUT2D eigenvalue weighted by atomic mass is 16.6. The fraction of sp³-hybridized carbons (Fsp3) is 0.421. The van der Waals surface area contributed by atoms with Crippen LogP contribution in [0.2, 0.25) is 0 Å². The smallest absolute Gasteiger partial charge is 0.328 e. The fourth-order valence-electron chi connectivity index (χ4n) is 3.00. The molecular formula is C19H25N3O5. The van der Waals surface area contributed by atoms with Crippen molar-refractivity contribution in [2.24, 2.45) is 11.7 Å². The number of nitrogens with one attached hydrogen (secondary N) is 1. The zero-order valence-electron chi connectivity index (χ0n) is 15.3. The quantitative estimate of drug-likeness (QED) is 0.219. The van der Waals surface area contributed by atoms with Gasteiger partial charge in [-0.2, -0.15) is 0 Å². The van der Waals surface area contributed by atoms with Gasteiger partial charge < -0.3 is 25.2 Å². The molecular weight excluding hydrogens is 350 g/mol. The summed E-state index contributed by atoms with van der Waals surface area (Å²) in [4.78, 5) is 24.6. The lowest BCUT2D eigenvalue weighted by Crippen LogP contribution is -2.42. The van der Waals surface area contributed by atoms with Gasteiger partial charge in [-0.15, -0.1) is 0 Å². The van der Waals surface area contributed by atoms with Gasteiger partial charge in [0, 0.05) is 25.6 Å². The van der Waals surface area contributed by atoms with Crippen LogP contribution in [0.4, 0.5) is 0 Å². The summed E-state index contributed by atoms with van der Waals surface area (Å²) >= 11 is 0. The molecule has 0 bridgehead atoms. The number of carboxylic acids is 1. The molecule has 1 heterocycles. The van der Waals surface area contributed by atoms with Crippen molar-refractivity contribution in [3.8, 4) is 11.5 Å². The standard InChI is InChI=1S/C19H25N3O5/c1-26-16-12-14(3-6-17(23)24)2-5-15(16)27-18(25)7-4-13-8-10-22(11-9-13)19(20)21/h2-3,5-6,12-13H,4,7-11H2,1H3,(H3,20,21)(H,23,24). The average molecular weight is 375 g/mol. The third-order valence-corrected chi connectivity index (χ3v) is 4.54. The van der Waals surface area contributed by atoms with Gasteiger partial charge in [0.15, 0.2) is 17.5 Å². The topological polar surface area (TPSA) is 126 Å². The number of guanidine groups is 1. The van der Waals surface area contributed by atoms with Gasteiger partial charge in [-0.25, -0.2) is 4.79 Å². The number of carboxylic acid groups (broad SMARTS) is 1. The number of benzene rings is 1. The van der Waals surface area contributed by atoms with Gasteiger partial charge in [-0.1, -0.05) is 6.07 Å². The number of carbonyl (C=O) groups excluding carboxylic acids is 1. The number of hydrogen-bond donors (Lipinski definition) is 3. The lowest BCUT2D eigenvalue weighted by Gasteiger charge is -2.31. The summed E-state index contributed by atoms with van der Waals surface area (Å²) in [6.07, 6.45) is 5.30. The summed E-state index contributed by atoms with van der Waals surface area (Å²) in [7, 11) is 1.46. The highest BCUT2D eigenvalue weighted by Gasteiger charge is 2.21. The minimum absolute atomic E-state index is 0.0987. The number of likely N-dealkylation sites (tertiary alicyclic amines) is 1. The number of hydrogen-bond acceptors (Lipinski definition) is 5. The van der Waals surface area contributed by atoms with E-state index in [0.717, 1.165) is 38.4 Å². The van der Waals surface area contributed by atoms with Crippen LogP contribution in [0.3, 0.4) is 0 Å². The Morgan fingerprint density at radius 3 is 2.63 bits per heavy atom. The lowest BCUT2D eigenvalue weighted by molar-refractivity contribution is -0.135. The SMILES string of the molecule is COc1cc(C=CC(=O)O)ccc1OC(=O)CCC1CCN(C(=N)N)CC1. The van der Waals surface area contributed by atoms with Crippen molar-refractivity contribution < 1.29 is 24.2 Å². The Hall–Kier alpha value is -3.03. The summed E-state index contributed by atoms with van der Waals surface area (Å²) in [5.74, 6) is -0.193. The lowest BCUT2D eigenvalue weighted by atomic mass is 9.92. The van der Waals surface area contributed by atoms with E-state index in [1.807, 2.05) is 4.90 Å². The number of nitrogens with zero attached hydrogens (tertiary/aromatic N) is 1. The summed E-state index contributed by atoms with van der Waals surface area (Å²) in [5.41, 5.74) is 6.11. The van der Waals surface area contributed by atoms with Crippen molar-refractivity contribution in [3.05, 3.63) is 29.8 Å². The minimum Gasteiger partial charge on any atom is -0.493 e.